The summed E-state index contributed by atoms with van der Waals surface area (Å²) in [7, 11) is 0. The number of hydrogen-bond donors (Lipinski definition) is 2. The van der Waals surface area contributed by atoms with Crippen LogP contribution in [0.2, 0.25) is 0 Å². The van der Waals surface area contributed by atoms with Gasteiger partial charge in [0.1, 0.15) is 5.82 Å². The van der Waals surface area contributed by atoms with Crippen molar-refractivity contribution in [2.45, 2.75) is 38.8 Å². The molecule has 2 aromatic carbocycles. The molecule has 0 saturated heterocycles. The van der Waals surface area contributed by atoms with E-state index in [1.165, 1.54) is 6.07 Å². The van der Waals surface area contributed by atoms with Gasteiger partial charge >= 0.3 is 0 Å². The fourth-order valence-electron chi connectivity index (χ4n) is 2.50. The lowest BCUT2D eigenvalue weighted by Crippen LogP contribution is -2.40. The summed E-state index contributed by atoms with van der Waals surface area (Å²) in [6.07, 6.45) is 1.94. The zero-order chi connectivity index (χ0) is 16.7. The lowest BCUT2D eigenvalue weighted by Gasteiger charge is -2.23. The first kappa shape index (κ1) is 17.2. The SMILES string of the molecule is CCC[C@@H](N[C@@H](C)C(=O)Nc1ccccc1F)c1ccccc1. The highest BCUT2D eigenvalue weighted by atomic mass is 19.1. The number of anilines is 1. The second-order valence-electron chi connectivity index (χ2n) is 5.61. The smallest absolute Gasteiger partial charge is 0.241 e. The largest absolute Gasteiger partial charge is 0.322 e. The Morgan fingerprint density at radius 2 is 1.74 bits per heavy atom. The van der Waals surface area contributed by atoms with Gasteiger partial charge in [0, 0.05) is 6.04 Å². The maximum atomic E-state index is 13.6. The molecule has 0 aliphatic heterocycles. The third kappa shape index (κ3) is 4.89. The van der Waals surface area contributed by atoms with Gasteiger partial charge in [0.2, 0.25) is 5.91 Å². The highest BCUT2D eigenvalue weighted by Gasteiger charge is 2.19. The molecule has 122 valence electrons. The van der Waals surface area contributed by atoms with Crippen LogP contribution in [0.5, 0.6) is 0 Å². The number of carbonyl (C=O) groups excluding carboxylic acids is 1. The van der Waals surface area contributed by atoms with E-state index in [1.54, 1.807) is 25.1 Å². The Kier molecular flexibility index (Phi) is 6.29. The predicted molar refractivity (Wildman–Crippen MR) is 91.7 cm³/mol. The maximum absolute atomic E-state index is 13.6. The Labute approximate surface area is 136 Å². The number of nitrogens with one attached hydrogen (secondary N) is 2. The number of amides is 1. The second kappa shape index (κ2) is 8.44. The molecule has 2 atom stereocenters. The molecular weight excluding hydrogens is 291 g/mol. The topological polar surface area (TPSA) is 41.1 Å². The molecule has 0 aromatic heterocycles. The van der Waals surface area contributed by atoms with Crippen LogP contribution in [0, 0.1) is 5.82 Å². The van der Waals surface area contributed by atoms with Crippen LogP contribution in [-0.2, 0) is 4.79 Å². The zero-order valence-electron chi connectivity index (χ0n) is 13.6. The van der Waals surface area contributed by atoms with E-state index in [-0.39, 0.29) is 17.6 Å². The van der Waals surface area contributed by atoms with Gasteiger partial charge in [-0.25, -0.2) is 4.39 Å². The molecule has 0 radical (unpaired) electrons. The Morgan fingerprint density at radius 1 is 1.09 bits per heavy atom. The van der Waals surface area contributed by atoms with Crippen molar-refractivity contribution in [1.82, 2.24) is 5.32 Å². The average molecular weight is 314 g/mol. The van der Waals surface area contributed by atoms with Gasteiger partial charge in [0.15, 0.2) is 0 Å². The summed E-state index contributed by atoms with van der Waals surface area (Å²) < 4.78 is 13.6. The lowest BCUT2D eigenvalue weighted by molar-refractivity contribution is -0.118. The number of carbonyl (C=O) groups is 1. The summed E-state index contributed by atoms with van der Waals surface area (Å²) >= 11 is 0. The standard InChI is InChI=1S/C19H23FN2O/c1-3-9-17(15-10-5-4-6-11-15)21-14(2)19(23)22-18-13-8-7-12-16(18)20/h4-8,10-14,17,21H,3,9H2,1-2H3,(H,22,23)/t14-,17+/m0/s1. The van der Waals surface area contributed by atoms with Crippen LogP contribution in [0.4, 0.5) is 10.1 Å². The summed E-state index contributed by atoms with van der Waals surface area (Å²) in [5, 5.41) is 5.97. The molecule has 0 aliphatic carbocycles. The van der Waals surface area contributed by atoms with E-state index >= 15 is 0 Å². The predicted octanol–water partition coefficient (Wildman–Crippen LogP) is 4.28. The first-order valence-corrected chi connectivity index (χ1v) is 7.98. The molecule has 3 nitrogen and oxygen atoms in total. The Hall–Kier alpha value is -2.20. The summed E-state index contributed by atoms with van der Waals surface area (Å²) in [5.41, 5.74) is 1.36. The quantitative estimate of drug-likeness (QED) is 0.800. The molecule has 0 fully saturated rings. The van der Waals surface area contributed by atoms with E-state index in [0.717, 1.165) is 18.4 Å². The molecule has 1 amide bonds. The van der Waals surface area contributed by atoms with E-state index in [1.807, 2.05) is 18.2 Å². The molecule has 4 heteroatoms. The van der Waals surface area contributed by atoms with Crippen molar-refractivity contribution in [3.05, 3.63) is 66.0 Å². The van der Waals surface area contributed by atoms with Gasteiger partial charge in [-0.05, 0) is 31.0 Å². The number of para-hydroxylation sites is 1. The minimum atomic E-state index is -0.429. The summed E-state index contributed by atoms with van der Waals surface area (Å²) in [4.78, 5) is 12.3. The Bertz CT molecular complexity index is 630. The number of halogens is 1. The summed E-state index contributed by atoms with van der Waals surface area (Å²) in [6.45, 7) is 3.91. The third-order valence-corrected chi connectivity index (χ3v) is 3.76. The number of hydrogen-bond acceptors (Lipinski definition) is 2. The van der Waals surface area contributed by atoms with Crippen LogP contribution in [0.15, 0.2) is 54.6 Å². The van der Waals surface area contributed by atoms with Crippen molar-refractivity contribution in [3.8, 4) is 0 Å². The highest BCUT2D eigenvalue weighted by Crippen LogP contribution is 2.19. The molecule has 0 spiro atoms. The molecular formula is C19H23FN2O. The van der Waals surface area contributed by atoms with Crippen LogP contribution in [-0.4, -0.2) is 11.9 Å². The monoisotopic (exact) mass is 314 g/mol. The van der Waals surface area contributed by atoms with Gasteiger partial charge in [0.25, 0.3) is 0 Å². The summed E-state index contributed by atoms with van der Waals surface area (Å²) in [5.74, 6) is -0.673. The number of benzene rings is 2. The molecule has 0 bridgehead atoms. The molecule has 0 unspecified atom stereocenters. The van der Waals surface area contributed by atoms with Crippen LogP contribution in [0.3, 0.4) is 0 Å². The maximum Gasteiger partial charge on any atom is 0.241 e. The molecule has 2 N–H and O–H groups in total. The van der Waals surface area contributed by atoms with Crippen molar-refractivity contribution in [1.29, 1.82) is 0 Å². The van der Waals surface area contributed by atoms with Crippen molar-refractivity contribution < 1.29 is 9.18 Å². The van der Waals surface area contributed by atoms with E-state index in [0.29, 0.717) is 0 Å². The van der Waals surface area contributed by atoms with Gasteiger partial charge in [0.05, 0.1) is 11.7 Å². The lowest BCUT2D eigenvalue weighted by atomic mass is 10.0. The molecule has 2 rings (SSSR count). The van der Waals surface area contributed by atoms with Crippen LogP contribution in [0.1, 0.15) is 38.3 Å². The Morgan fingerprint density at radius 3 is 2.39 bits per heavy atom. The van der Waals surface area contributed by atoms with Crippen molar-refractivity contribution in [3.63, 3.8) is 0 Å². The fourth-order valence-corrected chi connectivity index (χ4v) is 2.50. The fraction of sp³-hybridized carbons (Fsp3) is 0.316. The molecule has 0 aliphatic rings. The van der Waals surface area contributed by atoms with Crippen LogP contribution >= 0.6 is 0 Å². The highest BCUT2D eigenvalue weighted by molar-refractivity contribution is 5.94. The Balaban J connectivity index is 2.02. The minimum absolute atomic E-state index is 0.0996. The van der Waals surface area contributed by atoms with Gasteiger partial charge in [-0.1, -0.05) is 55.8 Å². The first-order valence-electron chi connectivity index (χ1n) is 7.98. The zero-order valence-corrected chi connectivity index (χ0v) is 13.6. The number of rotatable bonds is 7. The van der Waals surface area contributed by atoms with E-state index in [2.05, 4.69) is 29.7 Å². The molecule has 2 aromatic rings. The molecule has 0 heterocycles. The second-order valence-corrected chi connectivity index (χ2v) is 5.61. The third-order valence-electron chi connectivity index (χ3n) is 3.76. The minimum Gasteiger partial charge on any atom is -0.322 e. The van der Waals surface area contributed by atoms with Crippen molar-refractivity contribution in [2.24, 2.45) is 0 Å². The van der Waals surface area contributed by atoms with Crippen molar-refractivity contribution in [2.75, 3.05) is 5.32 Å². The van der Waals surface area contributed by atoms with Crippen LogP contribution < -0.4 is 10.6 Å². The average Bonchev–Trinajstić information content (AvgIpc) is 2.57. The van der Waals surface area contributed by atoms with E-state index in [9.17, 15) is 9.18 Å². The molecule has 23 heavy (non-hydrogen) atoms. The van der Waals surface area contributed by atoms with Crippen LogP contribution in [0.25, 0.3) is 0 Å². The first-order chi connectivity index (χ1) is 11.1. The van der Waals surface area contributed by atoms with Gasteiger partial charge in [-0.2, -0.15) is 0 Å². The van der Waals surface area contributed by atoms with Gasteiger partial charge < -0.3 is 5.32 Å². The van der Waals surface area contributed by atoms with Gasteiger partial charge in [-0.15, -0.1) is 0 Å². The van der Waals surface area contributed by atoms with E-state index < -0.39 is 11.9 Å². The van der Waals surface area contributed by atoms with Crippen molar-refractivity contribution >= 4 is 11.6 Å². The molecule has 0 saturated carbocycles. The normalized spacial score (nSPS) is 13.3. The van der Waals surface area contributed by atoms with E-state index in [4.69, 9.17) is 0 Å². The van der Waals surface area contributed by atoms with Gasteiger partial charge in [-0.3, -0.25) is 10.1 Å². The summed E-state index contributed by atoms with van der Waals surface area (Å²) in [6, 6.07) is 15.9.